The van der Waals surface area contributed by atoms with Crippen LogP contribution in [0.4, 0.5) is 4.39 Å². The number of hydrogen-bond donors (Lipinski definition) is 1. The third kappa shape index (κ3) is 5.54. The van der Waals surface area contributed by atoms with Gasteiger partial charge in [0.1, 0.15) is 12.4 Å². The number of quaternary nitrogens is 1. The number of hydrogen-bond acceptors (Lipinski definition) is 1. The van der Waals surface area contributed by atoms with Crippen LogP contribution in [0.2, 0.25) is 5.02 Å². The monoisotopic (exact) mass is 390 g/mol. The molecule has 1 atom stereocenters. The van der Waals surface area contributed by atoms with Gasteiger partial charge < -0.3 is 10.1 Å². The number of halogens is 2. The largest absolute Gasteiger partial charge is 0.376 e. The van der Waals surface area contributed by atoms with E-state index in [-0.39, 0.29) is 16.8 Å². The lowest BCUT2D eigenvalue weighted by Gasteiger charge is -2.45. The fraction of sp³-hybridized carbons (Fsp3) is 0.478. The van der Waals surface area contributed by atoms with Gasteiger partial charge in [-0.05, 0) is 56.2 Å². The molecule has 0 spiro atoms. The van der Waals surface area contributed by atoms with Crippen molar-refractivity contribution in [1.82, 2.24) is 0 Å². The van der Waals surface area contributed by atoms with E-state index in [0.29, 0.717) is 6.54 Å². The average Bonchev–Trinajstić information content (AvgIpc) is 2.61. The lowest BCUT2D eigenvalue weighted by Crippen LogP contribution is -2.83. The van der Waals surface area contributed by atoms with E-state index in [0.717, 1.165) is 49.4 Å². The number of benzene rings is 2. The van der Waals surface area contributed by atoms with Crippen molar-refractivity contribution in [2.24, 2.45) is 5.41 Å². The van der Waals surface area contributed by atoms with Crippen molar-refractivity contribution in [3.63, 3.8) is 0 Å². The predicted molar refractivity (Wildman–Crippen MR) is 108 cm³/mol. The first kappa shape index (κ1) is 20.3. The van der Waals surface area contributed by atoms with Crippen LogP contribution in [0.1, 0.15) is 44.2 Å². The molecule has 0 unspecified atom stereocenters. The summed E-state index contributed by atoms with van der Waals surface area (Å²) in [6, 6.07) is 15.2. The maximum absolute atomic E-state index is 13.8. The Bertz CT molecular complexity index is 764. The van der Waals surface area contributed by atoms with Gasteiger partial charge in [0, 0.05) is 23.6 Å². The second-order valence-corrected chi connectivity index (χ2v) is 8.83. The quantitative estimate of drug-likeness (QED) is 0.678. The topological polar surface area (TPSA) is 25.8 Å². The molecule has 4 heteroatoms. The Balaban J connectivity index is 1.67. The summed E-state index contributed by atoms with van der Waals surface area (Å²) in [5, 5.41) is 3.06. The highest BCUT2D eigenvalue weighted by Gasteiger charge is 2.41. The SMILES string of the molecule is CC1(C)C[C@](CC[NH2+]Cc2ccccc2F)(Cc2ccccc2Cl)CCO1. The molecule has 27 heavy (non-hydrogen) atoms. The van der Waals surface area contributed by atoms with Gasteiger partial charge in [-0.15, -0.1) is 0 Å². The van der Waals surface area contributed by atoms with Gasteiger partial charge in [0.2, 0.25) is 0 Å². The Kier molecular flexibility index (Phi) is 6.56. The molecule has 2 aromatic carbocycles. The van der Waals surface area contributed by atoms with E-state index in [1.165, 1.54) is 11.6 Å². The van der Waals surface area contributed by atoms with Crippen LogP contribution in [-0.4, -0.2) is 18.8 Å². The van der Waals surface area contributed by atoms with E-state index in [9.17, 15) is 4.39 Å². The molecule has 0 aromatic heterocycles. The molecule has 2 N–H and O–H groups in total. The molecule has 0 radical (unpaired) electrons. The second kappa shape index (κ2) is 8.72. The third-order valence-corrected chi connectivity index (χ3v) is 6.02. The molecule has 1 aliphatic heterocycles. The molecule has 1 saturated heterocycles. The lowest BCUT2D eigenvalue weighted by atomic mass is 9.68. The normalized spacial score (nSPS) is 21.9. The third-order valence-electron chi connectivity index (χ3n) is 5.65. The van der Waals surface area contributed by atoms with E-state index in [1.54, 1.807) is 6.07 Å². The van der Waals surface area contributed by atoms with Gasteiger partial charge in [-0.2, -0.15) is 0 Å². The fourth-order valence-corrected chi connectivity index (χ4v) is 4.62. The molecular weight excluding hydrogens is 361 g/mol. The molecule has 0 saturated carbocycles. The highest BCUT2D eigenvalue weighted by atomic mass is 35.5. The Morgan fingerprint density at radius 2 is 1.78 bits per heavy atom. The summed E-state index contributed by atoms with van der Waals surface area (Å²) in [6.07, 6.45) is 4.08. The van der Waals surface area contributed by atoms with Crippen LogP contribution in [0.15, 0.2) is 48.5 Å². The van der Waals surface area contributed by atoms with Gasteiger partial charge in [-0.3, -0.25) is 0 Å². The zero-order chi connectivity index (χ0) is 19.3. The first-order chi connectivity index (χ1) is 12.9. The highest BCUT2D eigenvalue weighted by Crippen LogP contribution is 2.44. The molecule has 2 nitrogen and oxygen atoms in total. The Morgan fingerprint density at radius 3 is 2.48 bits per heavy atom. The van der Waals surface area contributed by atoms with Crippen molar-refractivity contribution >= 4 is 11.6 Å². The maximum Gasteiger partial charge on any atom is 0.132 e. The van der Waals surface area contributed by atoms with Crippen LogP contribution < -0.4 is 5.32 Å². The van der Waals surface area contributed by atoms with Crippen LogP contribution in [0, 0.1) is 11.2 Å². The van der Waals surface area contributed by atoms with Crippen molar-refractivity contribution in [3.05, 3.63) is 70.5 Å². The molecule has 1 heterocycles. The minimum atomic E-state index is -0.120. The lowest BCUT2D eigenvalue weighted by molar-refractivity contribution is -0.672. The molecule has 146 valence electrons. The molecule has 0 bridgehead atoms. The summed E-state index contributed by atoms with van der Waals surface area (Å²) in [5.41, 5.74) is 2.03. The molecule has 0 aliphatic carbocycles. The Labute approximate surface area is 167 Å². The average molecular weight is 391 g/mol. The highest BCUT2D eigenvalue weighted by molar-refractivity contribution is 6.31. The van der Waals surface area contributed by atoms with E-state index < -0.39 is 0 Å². The molecular formula is C23H30ClFNO+. The molecule has 3 rings (SSSR count). The maximum atomic E-state index is 13.8. The van der Waals surface area contributed by atoms with E-state index >= 15 is 0 Å². The van der Waals surface area contributed by atoms with Gasteiger partial charge >= 0.3 is 0 Å². The van der Waals surface area contributed by atoms with Crippen molar-refractivity contribution in [3.8, 4) is 0 Å². The van der Waals surface area contributed by atoms with Crippen LogP contribution in [0.25, 0.3) is 0 Å². The number of ether oxygens (including phenoxy) is 1. The molecule has 0 amide bonds. The van der Waals surface area contributed by atoms with Crippen molar-refractivity contribution in [1.29, 1.82) is 0 Å². The Hall–Kier alpha value is -1.42. The first-order valence-corrected chi connectivity index (χ1v) is 10.2. The van der Waals surface area contributed by atoms with E-state index in [2.05, 4.69) is 31.3 Å². The minimum absolute atomic E-state index is 0.119. The van der Waals surface area contributed by atoms with E-state index in [1.807, 2.05) is 24.3 Å². The first-order valence-electron chi connectivity index (χ1n) is 9.82. The summed E-state index contributed by atoms with van der Waals surface area (Å²) < 4.78 is 19.8. The Morgan fingerprint density at radius 1 is 1.07 bits per heavy atom. The van der Waals surface area contributed by atoms with Crippen molar-refractivity contribution < 1.29 is 14.4 Å². The van der Waals surface area contributed by atoms with Crippen LogP contribution in [0.3, 0.4) is 0 Å². The fourth-order valence-electron chi connectivity index (χ4n) is 4.41. The van der Waals surface area contributed by atoms with Crippen LogP contribution in [-0.2, 0) is 17.7 Å². The predicted octanol–water partition coefficient (Wildman–Crippen LogP) is 4.75. The summed E-state index contributed by atoms with van der Waals surface area (Å²) in [7, 11) is 0. The summed E-state index contributed by atoms with van der Waals surface area (Å²) in [5.74, 6) is -0.119. The molecule has 1 aliphatic rings. The minimum Gasteiger partial charge on any atom is -0.376 e. The van der Waals surface area contributed by atoms with Crippen molar-refractivity contribution in [2.75, 3.05) is 13.2 Å². The molecule has 1 fully saturated rings. The smallest absolute Gasteiger partial charge is 0.132 e. The van der Waals surface area contributed by atoms with Crippen LogP contribution >= 0.6 is 11.6 Å². The van der Waals surface area contributed by atoms with Gasteiger partial charge in [0.15, 0.2) is 0 Å². The van der Waals surface area contributed by atoms with Gasteiger partial charge in [0.25, 0.3) is 0 Å². The molecule has 2 aromatic rings. The summed E-state index contributed by atoms with van der Waals surface area (Å²) >= 11 is 6.45. The summed E-state index contributed by atoms with van der Waals surface area (Å²) in [6.45, 7) is 6.78. The van der Waals surface area contributed by atoms with Crippen molar-refractivity contribution in [2.45, 2.75) is 51.7 Å². The van der Waals surface area contributed by atoms with E-state index in [4.69, 9.17) is 16.3 Å². The zero-order valence-corrected chi connectivity index (χ0v) is 17.1. The number of rotatable bonds is 7. The van der Waals surface area contributed by atoms with Gasteiger partial charge in [0.05, 0.1) is 12.1 Å². The standard InChI is InChI=1S/C23H29ClFNO/c1-22(2)17-23(12-14-27-22,15-18-7-3-5-9-20(18)24)11-13-26-16-19-8-4-6-10-21(19)25/h3-10,26H,11-17H2,1-2H3/p+1/t23-/m0/s1. The summed E-state index contributed by atoms with van der Waals surface area (Å²) in [4.78, 5) is 0. The zero-order valence-electron chi connectivity index (χ0n) is 16.3. The van der Waals surface area contributed by atoms with Gasteiger partial charge in [-0.25, -0.2) is 4.39 Å². The van der Waals surface area contributed by atoms with Gasteiger partial charge in [-0.1, -0.05) is 48.0 Å². The van der Waals surface area contributed by atoms with Crippen LogP contribution in [0.5, 0.6) is 0 Å². The second-order valence-electron chi connectivity index (χ2n) is 8.43. The number of nitrogens with two attached hydrogens (primary N) is 1.